The summed E-state index contributed by atoms with van der Waals surface area (Å²) in [6, 6.07) is 5.75. The number of hydrogen-bond acceptors (Lipinski definition) is 4. The van der Waals surface area contributed by atoms with Crippen molar-refractivity contribution < 1.29 is 14.2 Å². The average molecular weight is 275 g/mol. The molecule has 1 saturated heterocycles. The first-order chi connectivity index (χ1) is 9.72. The van der Waals surface area contributed by atoms with Crippen molar-refractivity contribution in [2.75, 3.05) is 26.1 Å². The zero-order valence-electron chi connectivity index (χ0n) is 11.9. The van der Waals surface area contributed by atoms with E-state index in [4.69, 9.17) is 19.9 Å². The van der Waals surface area contributed by atoms with Crippen LogP contribution in [0.5, 0.6) is 5.75 Å². The highest BCUT2D eigenvalue weighted by atomic mass is 16.7. The number of nitrogens with two attached hydrogens (primary N) is 1. The molecule has 108 valence electrons. The van der Waals surface area contributed by atoms with E-state index in [9.17, 15) is 0 Å². The Morgan fingerprint density at radius 1 is 1.20 bits per heavy atom. The standard InChI is InChI=1S/C16H21NO3/c1-18-15-4-2-3-14(17)13(15)11-12-5-7-16(8-6-12)19-9-10-20-16/h2-4,11H,5-10,17H2,1H3. The minimum absolute atomic E-state index is 0.316. The van der Waals surface area contributed by atoms with Crippen LogP contribution in [0.4, 0.5) is 5.69 Å². The van der Waals surface area contributed by atoms with Crippen molar-refractivity contribution in [3.05, 3.63) is 29.3 Å². The van der Waals surface area contributed by atoms with E-state index < -0.39 is 0 Å². The number of rotatable bonds is 2. The van der Waals surface area contributed by atoms with E-state index in [-0.39, 0.29) is 5.79 Å². The van der Waals surface area contributed by atoms with Crippen molar-refractivity contribution in [1.29, 1.82) is 0 Å². The molecule has 0 unspecified atom stereocenters. The van der Waals surface area contributed by atoms with Gasteiger partial charge in [0.25, 0.3) is 0 Å². The molecule has 20 heavy (non-hydrogen) atoms. The lowest BCUT2D eigenvalue weighted by Crippen LogP contribution is -2.33. The van der Waals surface area contributed by atoms with Crippen LogP contribution in [0.3, 0.4) is 0 Å². The molecular weight excluding hydrogens is 254 g/mol. The van der Waals surface area contributed by atoms with Gasteiger partial charge in [0, 0.05) is 24.1 Å². The number of methoxy groups -OCH3 is 1. The van der Waals surface area contributed by atoms with Gasteiger partial charge in [0.15, 0.2) is 5.79 Å². The molecule has 2 aliphatic rings. The first kappa shape index (κ1) is 13.5. The summed E-state index contributed by atoms with van der Waals surface area (Å²) >= 11 is 0. The topological polar surface area (TPSA) is 53.7 Å². The molecule has 1 aromatic rings. The molecule has 0 aromatic heterocycles. The summed E-state index contributed by atoms with van der Waals surface area (Å²) in [4.78, 5) is 0. The number of anilines is 1. The van der Waals surface area contributed by atoms with Gasteiger partial charge >= 0.3 is 0 Å². The van der Waals surface area contributed by atoms with Gasteiger partial charge in [-0.2, -0.15) is 0 Å². The summed E-state index contributed by atoms with van der Waals surface area (Å²) in [6.45, 7) is 1.44. The van der Waals surface area contributed by atoms with Crippen molar-refractivity contribution in [1.82, 2.24) is 0 Å². The molecular formula is C16H21NO3. The monoisotopic (exact) mass is 275 g/mol. The van der Waals surface area contributed by atoms with Crippen molar-refractivity contribution >= 4 is 11.8 Å². The highest BCUT2D eigenvalue weighted by Gasteiger charge is 2.38. The van der Waals surface area contributed by atoms with Crippen LogP contribution in [0.1, 0.15) is 31.2 Å². The predicted octanol–water partition coefficient (Wildman–Crippen LogP) is 2.98. The number of nitrogen functional groups attached to an aromatic ring is 1. The molecule has 0 radical (unpaired) electrons. The molecule has 1 spiro atoms. The van der Waals surface area contributed by atoms with Gasteiger partial charge in [0.1, 0.15) is 5.75 Å². The summed E-state index contributed by atoms with van der Waals surface area (Å²) < 4.78 is 16.9. The fourth-order valence-electron chi connectivity index (χ4n) is 2.98. The Hall–Kier alpha value is -1.52. The maximum atomic E-state index is 6.06. The summed E-state index contributed by atoms with van der Waals surface area (Å²) in [5.41, 5.74) is 9.17. The zero-order valence-corrected chi connectivity index (χ0v) is 11.9. The van der Waals surface area contributed by atoms with E-state index in [1.165, 1.54) is 5.57 Å². The van der Waals surface area contributed by atoms with E-state index in [1.807, 2.05) is 18.2 Å². The number of hydrogen-bond donors (Lipinski definition) is 1. The second-order valence-electron chi connectivity index (χ2n) is 5.37. The lowest BCUT2D eigenvalue weighted by atomic mass is 9.88. The van der Waals surface area contributed by atoms with E-state index in [1.54, 1.807) is 7.11 Å². The summed E-state index contributed by atoms with van der Waals surface area (Å²) in [6.07, 6.45) is 5.98. The number of ether oxygens (including phenoxy) is 3. The van der Waals surface area contributed by atoms with E-state index in [0.717, 1.165) is 55.9 Å². The van der Waals surface area contributed by atoms with Crippen LogP contribution in [-0.4, -0.2) is 26.1 Å². The molecule has 2 N–H and O–H groups in total. The third kappa shape index (κ3) is 2.53. The van der Waals surface area contributed by atoms with Gasteiger partial charge in [-0.25, -0.2) is 0 Å². The maximum Gasteiger partial charge on any atom is 0.169 e. The molecule has 4 heteroatoms. The van der Waals surface area contributed by atoms with Gasteiger partial charge < -0.3 is 19.9 Å². The second-order valence-corrected chi connectivity index (χ2v) is 5.37. The zero-order chi connectivity index (χ0) is 14.0. The lowest BCUT2D eigenvalue weighted by Gasteiger charge is -2.32. The number of allylic oxidation sites excluding steroid dienone is 1. The lowest BCUT2D eigenvalue weighted by molar-refractivity contribution is -0.171. The smallest absolute Gasteiger partial charge is 0.169 e. The average Bonchev–Trinajstić information content (AvgIpc) is 2.92. The van der Waals surface area contributed by atoms with Crippen molar-refractivity contribution in [3.63, 3.8) is 0 Å². The summed E-state index contributed by atoms with van der Waals surface area (Å²) in [5, 5.41) is 0. The van der Waals surface area contributed by atoms with Crippen LogP contribution in [-0.2, 0) is 9.47 Å². The molecule has 0 bridgehead atoms. The number of benzene rings is 1. The third-order valence-corrected chi connectivity index (χ3v) is 4.14. The Kier molecular flexibility index (Phi) is 3.68. The fraction of sp³-hybridized carbons (Fsp3) is 0.500. The third-order valence-electron chi connectivity index (χ3n) is 4.14. The Bertz CT molecular complexity index is 506. The van der Waals surface area contributed by atoms with Gasteiger partial charge in [-0.05, 0) is 31.1 Å². The Labute approximate surface area is 119 Å². The molecule has 1 aliphatic carbocycles. The highest BCUT2D eigenvalue weighted by Crippen LogP contribution is 2.39. The molecule has 2 fully saturated rings. The SMILES string of the molecule is COc1cccc(N)c1C=C1CCC2(CC1)OCCO2. The van der Waals surface area contributed by atoms with E-state index in [2.05, 4.69) is 6.08 Å². The van der Waals surface area contributed by atoms with E-state index >= 15 is 0 Å². The van der Waals surface area contributed by atoms with Gasteiger partial charge in [-0.15, -0.1) is 0 Å². The molecule has 3 rings (SSSR count). The summed E-state index contributed by atoms with van der Waals surface area (Å²) in [7, 11) is 1.67. The second kappa shape index (κ2) is 5.46. The molecule has 0 atom stereocenters. The normalized spacial score (nSPS) is 21.1. The van der Waals surface area contributed by atoms with Gasteiger partial charge in [0.05, 0.1) is 20.3 Å². The Balaban J connectivity index is 1.77. The minimum Gasteiger partial charge on any atom is -0.496 e. The van der Waals surface area contributed by atoms with Crippen LogP contribution < -0.4 is 10.5 Å². The molecule has 0 amide bonds. The largest absolute Gasteiger partial charge is 0.496 e. The van der Waals surface area contributed by atoms with Crippen LogP contribution in [0.15, 0.2) is 23.8 Å². The Morgan fingerprint density at radius 2 is 1.90 bits per heavy atom. The minimum atomic E-state index is -0.316. The molecule has 1 aliphatic heterocycles. The first-order valence-corrected chi connectivity index (χ1v) is 7.12. The maximum absolute atomic E-state index is 6.06. The van der Waals surface area contributed by atoms with Crippen LogP contribution in [0, 0.1) is 0 Å². The van der Waals surface area contributed by atoms with Gasteiger partial charge in [-0.3, -0.25) is 0 Å². The van der Waals surface area contributed by atoms with Crippen LogP contribution >= 0.6 is 0 Å². The van der Waals surface area contributed by atoms with Gasteiger partial charge in [0.2, 0.25) is 0 Å². The Morgan fingerprint density at radius 3 is 2.55 bits per heavy atom. The van der Waals surface area contributed by atoms with Crippen molar-refractivity contribution in [2.24, 2.45) is 0 Å². The quantitative estimate of drug-likeness (QED) is 0.843. The van der Waals surface area contributed by atoms with Crippen molar-refractivity contribution in [3.8, 4) is 5.75 Å². The molecule has 4 nitrogen and oxygen atoms in total. The van der Waals surface area contributed by atoms with Crippen molar-refractivity contribution in [2.45, 2.75) is 31.5 Å². The molecule has 1 heterocycles. The first-order valence-electron chi connectivity index (χ1n) is 7.12. The molecule has 1 saturated carbocycles. The van der Waals surface area contributed by atoms with Gasteiger partial charge in [-0.1, -0.05) is 11.6 Å². The van der Waals surface area contributed by atoms with Crippen LogP contribution in [0.25, 0.3) is 6.08 Å². The summed E-state index contributed by atoms with van der Waals surface area (Å²) in [5.74, 6) is 0.509. The van der Waals surface area contributed by atoms with E-state index in [0.29, 0.717) is 0 Å². The van der Waals surface area contributed by atoms with Crippen LogP contribution in [0.2, 0.25) is 0 Å². The fourth-order valence-corrected chi connectivity index (χ4v) is 2.98. The highest BCUT2D eigenvalue weighted by molar-refractivity contribution is 5.71. The molecule has 1 aromatic carbocycles. The predicted molar refractivity (Wildman–Crippen MR) is 78.5 cm³/mol.